The summed E-state index contributed by atoms with van der Waals surface area (Å²) < 4.78 is 7.82. The number of likely N-dealkylation sites (N-methyl/N-ethyl adjacent to an activating group) is 1. The van der Waals surface area contributed by atoms with Crippen molar-refractivity contribution < 1.29 is 4.28 Å². The zero-order chi connectivity index (χ0) is 15.9. The second-order valence-corrected chi connectivity index (χ2v) is 7.51. The normalized spacial score (nSPS) is 13.9. The fourth-order valence-electron chi connectivity index (χ4n) is 2.02. The van der Waals surface area contributed by atoms with Gasteiger partial charge in [-0.15, -0.1) is 0 Å². The monoisotopic (exact) mass is 311 g/mol. The quantitative estimate of drug-likeness (QED) is 0.452. The Morgan fingerprint density at radius 1 is 1.19 bits per heavy atom. The summed E-state index contributed by atoms with van der Waals surface area (Å²) in [6.45, 7) is 8.33. The molecular formula is C16H29N3OS. The van der Waals surface area contributed by atoms with E-state index in [2.05, 4.69) is 50.4 Å². The van der Waals surface area contributed by atoms with Gasteiger partial charge in [0.25, 0.3) is 0 Å². The molecule has 0 radical (unpaired) electrons. The lowest BCUT2D eigenvalue weighted by molar-refractivity contribution is -0.0653. The van der Waals surface area contributed by atoms with Crippen LogP contribution in [0.2, 0.25) is 0 Å². The summed E-state index contributed by atoms with van der Waals surface area (Å²) in [4.78, 5) is 0. The molecule has 0 saturated carbocycles. The molecule has 0 fully saturated rings. The van der Waals surface area contributed by atoms with Crippen LogP contribution in [-0.4, -0.2) is 43.1 Å². The van der Waals surface area contributed by atoms with E-state index in [0.717, 1.165) is 13.1 Å². The van der Waals surface area contributed by atoms with Gasteiger partial charge in [0.1, 0.15) is 12.2 Å². The highest BCUT2D eigenvalue weighted by atomic mass is 32.2. The first-order chi connectivity index (χ1) is 9.82. The molecule has 120 valence electrons. The predicted octanol–water partition coefficient (Wildman–Crippen LogP) is 3.18. The Labute approximate surface area is 134 Å². The smallest absolute Gasteiger partial charge is 0.104 e. The maximum absolute atomic E-state index is 5.87. The van der Waals surface area contributed by atoms with Gasteiger partial charge in [0.15, 0.2) is 0 Å². The molecule has 1 aromatic carbocycles. The Balaban J connectivity index is 2.71. The van der Waals surface area contributed by atoms with E-state index in [1.807, 2.05) is 36.6 Å². The molecule has 5 heteroatoms. The lowest BCUT2D eigenvalue weighted by Gasteiger charge is -2.34. The van der Waals surface area contributed by atoms with Crippen LogP contribution in [-0.2, 0) is 10.8 Å². The molecule has 0 aromatic heterocycles. The van der Waals surface area contributed by atoms with Gasteiger partial charge in [-0.1, -0.05) is 51.1 Å². The van der Waals surface area contributed by atoms with Gasteiger partial charge in [-0.05, 0) is 32.1 Å². The molecule has 0 aliphatic rings. The third-order valence-corrected chi connectivity index (χ3v) is 3.85. The molecule has 1 atom stereocenters. The summed E-state index contributed by atoms with van der Waals surface area (Å²) in [5.41, 5.74) is 1.43. The Morgan fingerprint density at radius 2 is 1.81 bits per heavy atom. The summed E-state index contributed by atoms with van der Waals surface area (Å²) in [5.74, 6) is 0. The first kappa shape index (κ1) is 18.5. The minimum Gasteiger partial charge on any atom is -0.315 e. The summed E-state index contributed by atoms with van der Waals surface area (Å²) in [6.07, 6.45) is 0. The number of hydrogen-bond acceptors (Lipinski definition) is 5. The Kier molecular flexibility index (Phi) is 7.70. The van der Waals surface area contributed by atoms with E-state index in [1.54, 1.807) is 0 Å². The highest BCUT2D eigenvalue weighted by Gasteiger charge is 2.26. The molecular weight excluding hydrogens is 282 g/mol. The van der Waals surface area contributed by atoms with Gasteiger partial charge in [-0.2, -0.15) is 5.06 Å². The van der Waals surface area contributed by atoms with E-state index < -0.39 is 0 Å². The van der Waals surface area contributed by atoms with Crippen LogP contribution in [0.1, 0.15) is 26.3 Å². The third kappa shape index (κ3) is 7.29. The number of hydrogen-bond donors (Lipinski definition) is 1. The van der Waals surface area contributed by atoms with Crippen LogP contribution < -0.4 is 5.32 Å². The van der Waals surface area contributed by atoms with Crippen LogP contribution in [0.3, 0.4) is 0 Å². The largest absolute Gasteiger partial charge is 0.315 e. The first-order valence-corrected chi connectivity index (χ1v) is 8.01. The maximum atomic E-state index is 5.87. The van der Waals surface area contributed by atoms with Crippen molar-refractivity contribution >= 4 is 12.2 Å². The number of benzene rings is 1. The van der Waals surface area contributed by atoms with Gasteiger partial charge in [-0.3, -0.25) is 0 Å². The van der Waals surface area contributed by atoms with Crippen LogP contribution >= 0.6 is 12.2 Å². The van der Waals surface area contributed by atoms with Crippen LogP contribution in [0.25, 0.3) is 0 Å². The predicted molar refractivity (Wildman–Crippen MR) is 91.5 cm³/mol. The highest BCUT2D eigenvalue weighted by molar-refractivity contribution is 7.92. The molecule has 0 amide bonds. The molecule has 1 rings (SSSR count). The SMILES string of the molecule is CNC(CN(Cc1ccccc1)OSN(C)C)C(C)(C)C. The number of hydroxylamine groups is 2. The van der Waals surface area contributed by atoms with Crippen molar-refractivity contribution in [3.63, 3.8) is 0 Å². The molecule has 1 unspecified atom stereocenters. The molecule has 1 aromatic rings. The van der Waals surface area contributed by atoms with Crippen molar-refractivity contribution in [2.45, 2.75) is 33.4 Å². The van der Waals surface area contributed by atoms with Crippen LogP contribution in [0.4, 0.5) is 0 Å². The lowest BCUT2D eigenvalue weighted by atomic mass is 9.86. The summed E-state index contributed by atoms with van der Waals surface area (Å²) >= 11 is 1.35. The second-order valence-electron chi connectivity index (χ2n) is 6.48. The second kappa shape index (κ2) is 8.76. The Morgan fingerprint density at radius 3 is 2.29 bits per heavy atom. The van der Waals surface area contributed by atoms with Gasteiger partial charge < -0.3 is 5.32 Å². The molecule has 4 nitrogen and oxygen atoms in total. The topological polar surface area (TPSA) is 27.7 Å². The van der Waals surface area contributed by atoms with Crippen LogP contribution in [0, 0.1) is 5.41 Å². The first-order valence-electron chi connectivity index (χ1n) is 7.31. The third-order valence-electron chi connectivity index (χ3n) is 3.27. The van der Waals surface area contributed by atoms with Gasteiger partial charge in [0.05, 0.1) is 6.54 Å². The minimum atomic E-state index is 0.176. The Hall–Kier alpha value is -0.590. The number of rotatable bonds is 8. The van der Waals surface area contributed by atoms with Gasteiger partial charge in [-0.25, -0.2) is 8.59 Å². The van der Waals surface area contributed by atoms with E-state index in [4.69, 9.17) is 4.28 Å². The average molecular weight is 311 g/mol. The number of nitrogens with zero attached hydrogens (tertiary/aromatic N) is 2. The van der Waals surface area contributed by atoms with E-state index >= 15 is 0 Å². The summed E-state index contributed by atoms with van der Waals surface area (Å²) in [5, 5.41) is 5.42. The minimum absolute atomic E-state index is 0.176. The van der Waals surface area contributed by atoms with Crippen LogP contribution in [0.15, 0.2) is 30.3 Å². The van der Waals surface area contributed by atoms with E-state index in [1.165, 1.54) is 17.8 Å². The molecule has 0 bridgehead atoms. The van der Waals surface area contributed by atoms with Gasteiger partial charge in [0.2, 0.25) is 0 Å². The standard InChI is InChI=1S/C16H29N3OS/c1-16(2,3)15(17-4)13-19(20-21-18(5)6)12-14-10-8-7-9-11-14/h7-11,15,17H,12-13H2,1-6H3. The molecule has 21 heavy (non-hydrogen) atoms. The van der Waals surface area contributed by atoms with Gasteiger partial charge in [0, 0.05) is 12.6 Å². The van der Waals surface area contributed by atoms with Crippen LogP contribution in [0.5, 0.6) is 0 Å². The molecule has 0 aliphatic heterocycles. The summed E-state index contributed by atoms with van der Waals surface area (Å²) in [6, 6.07) is 10.8. The molecule has 0 saturated heterocycles. The zero-order valence-corrected chi connectivity index (χ0v) is 14.9. The van der Waals surface area contributed by atoms with E-state index in [0.29, 0.717) is 6.04 Å². The molecule has 0 spiro atoms. The van der Waals surface area contributed by atoms with Crippen molar-refractivity contribution in [3.05, 3.63) is 35.9 Å². The van der Waals surface area contributed by atoms with Crippen molar-refractivity contribution in [2.75, 3.05) is 27.7 Å². The summed E-state index contributed by atoms with van der Waals surface area (Å²) in [7, 11) is 5.96. The highest BCUT2D eigenvalue weighted by Crippen LogP contribution is 2.22. The fraction of sp³-hybridized carbons (Fsp3) is 0.625. The van der Waals surface area contributed by atoms with Crippen molar-refractivity contribution in [3.8, 4) is 0 Å². The number of nitrogens with one attached hydrogen (secondary N) is 1. The van der Waals surface area contributed by atoms with E-state index in [-0.39, 0.29) is 5.41 Å². The zero-order valence-electron chi connectivity index (χ0n) is 14.1. The lowest BCUT2D eigenvalue weighted by Crippen LogP contribution is -2.46. The molecule has 0 aliphatic carbocycles. The van der Waals surface area contributed by atoms with Crippen molar-refractivity contribution in [1.29, 1.82) is 0 Å². The van der Waals surface area contributed by atoms with E-state index in [9.17, 15) is 0 Å². The molecule has 1 N–H and O–H groups in total. The molecule has 0 heterocycles. The van der Waals surface area contributed by atoms with Gasteiger partial charge >= 0.3 is 0 Å². The average Bonchev–Trinajstić information content (AvgIpc) is 2.41. The Bertz CT molecular complexity index is 392. The van der Waals surface area contributed by atoms with Crippen molar-refractivity contribution in [1.82, 2.24) is 14.7 Å². The fourth-order valence-corrected chi connectivity index (χ4v) is 2.37. The van der Waals surface area contributed by atoms with Crippen molar-refractivity contribution in [2.24, 2.45) is 5.41 Å². The maximum Gasteiger partial charge on any atom is 0.104 e.